The molecule has 1 amide bonds. The molecule has 0 atom stereocenters. The lowest BCUT2D eigenvalue weighted by atomic mass is 10.1. The third-order valence-electron chi connectivity index (χ3n) is 4.16. The van der Waals surface area contributed by atoms with Gasteiger partial charge in [0.25, 0.3) is 5.91 Å². The summed E-state index contributed by atoms with van der Waals surface area (Å²) < 4.78 is 0.657. The summed E-state index contributed by atoms with van der Waals surface area (Å²) in [6.07, 6.45) is 4.51. The third kappa shape index (κ3) is 2.92. The van der Waals surface area contributed by atoms with Gasteiger partial charge in [-0.05, 0) is 56.0 Å². The molecule has 2 saturated heterocycles. The highest BCUT2D eigenvalue weighted by Gasteiger charge is 2.30. The van der Waals surface area contributed by atoms with Crippen LogP contribution in [0.4, 0.5) is 5.69 Å². The molecule has 0 spiro atoms. The fraction of sp³-hybridized carbons (Fsp3) is 0.412. The molecule has 0 bridgehead atoms. The molecular weight excluding hydrogens is 312 g/mol. The van der Waals surface area contributed by atoms with Gasteiger partial charge in [0.1, 0.15) is 4.32 Å². The predicted molar refractivity (Wildman–Crippen MR) is 98.2 cm³/mol. The SMILES string of the molecule is CCN1C(=O)/C(=C/c2ccc(N3CCCC3)c(C)c2)SC1=S. The summed E-state index contributed by atoms with van der Waals surface area (Å²) >= 11 is 6.64. The second-order valence-corrected chi connectivity index (χ2v) is 7.34. The van der Waals surface area contributed by atoms with E-state index in [1.54, 1.807) is 4.90 Å². The van der Waals surface area contributed by atoms with E-state index in [9.17, 15) is 4.79 Å². The Labute approximate surface area is 141 Å². The van der Waals surface area contributed by atoms with Crippen LogP contribution in [0.3, 0.4) is 0 Å². The number of amides is 1. The van der Waals surface area contributed by atoms with E-state index in [1.165, 1.54) is 35.9 Å². The van der Waals surface area contributed by atoms with Crippen molar-refractivity contribution in [3.05, 3.63) is 34.2 Å². The Morgan fingerprint density at radius 3 is 2.64 bits per heavy atom. The van der Waals surface area contributed by atoms with Crippen LogP contribution >= 0.6 is 24.0 Å². The second kappa shape index (κ2) is 6.42. The number of nitrogens with zero attached hydrogens (tertiary/aromatic N) is 2. The van der Waals surface area contributed by atoms with E-state index < -0.39 is 0 Å². The summed E-state index contributed by atoms with van der Waals surface area (Å²) in [5.41, 5.74) is 3.65. The molecule has 0 unspecified atom stereocenters. The van der Waals surface area contributed by atoms with E-state index in [0.29, 0.717) is 10.9 Å². The molecule has 2 aliphatic rings. The number of likely N-dealkylation sites (N-methyl/N-ethyl adjacent to an activating group) is 1. The Balaban J connectivity index is 1.84. The lowest BCUT2D eigenvalue weighted by molar-refractivity contribution is -0.121. The molecule has 2 heterocycles. The van der Waals surface area contributed by atoms with Crippen molar-refractivity contribution in [3.63, 3.8) is 0 Å². The lowest BCUT2D eigenvalue weighted by Crippen LogP contribution is -2.27. The van der Waals surface area contributed by atoms with Crippen molar-refractivity contribution >= 4 is 46.0 Å². The quantitative estimate of drug-likeness (QED) is 0.620. The molecule has 0 radical (unpaired) electrons. The molecule has 3 rings (SSSR count). The van der Waals surface area contributed by atoms with E-state index in [4.69, 9.17) is 12.2 Å². The number of rotatable bonds is 3. The first-order valence-electron chi connectivity index (χ1n) is 7.71. The minimum atomic E-state index is 0.0266. The number of anilines is 1. The first-order valence-corrected chi connectivity index (χ1v) is 8.93. The number of hydrogen-bond donors (Lipinski definition) is 0. The minimum Gasteiger partial charge on any atom is -0.371 e. The van der Waals surface area contributed by atoms with Crippen molar-refractivity contribution in [2.24, 2.45) is 0 Å². The average molecular weight is 332 g/mol. The zero-order valence-electron chi connectivity index (χ0n) is 13.0. The molecule has 0 saturated carbocycles. The van der Waals surface area contributed by atoms with Crippen molar-refractivity contribution in [1.82, 2.24) is 4.90 Å². The first kappa shape index (κ1) is 15.6. The monoisotopic (exact) mass is 332 g/mol. The fourth-order valence-electron chi connectivity index (χ4n) is 3.01. The zero-order chi connectivity index (χ0) is 15.7. The first-order chi connectivity index (χ1) is 10.6. The van der Waals surface area contributed by atoms with Crippen molar-refractivity contribution in [2.75, 3.05) is 24.5 Å². The van der Waals surface area contributed by atoms with Crippen LogP contribution in [0.25, 0.3) is 6.08 Å². The summed E-state index contributed by atoms with van der Waals surface area (Å²) in [4.78, 5) is 17.1. The van der Waals surface area contributed by atoms with Gasteiger partial charge in [-0.3, -0.25) is 9.69 Å². The highest BCUT2D eigenvalue weighted by Crippen LogP contribution is 2.33. The Morgan fingerprint density at radius 1 is 1.32 bits per heavy atom. The van der Waals surface area contributed by atoms with Crippen LogP contribution in [-0.4, -0.2) is 34.8 Å². The Morgan fingerprint density at radius 2 is 2.05 bits per heavy atom. The van der Waals surface area contributed by atoms with Crippen LogP contribution in [0.2, 0.25) is 0 Å². The topological polar surface area (TPSA) is 23.6 Å². The maximum atomic E-state index is 12.3. The maximum absolute atomic E-state index is 12.3. The number of benzene rings is 1. The summed E-state index contributed by atoms with van der Waals surface area (Å²) in [6, 6.07) is 6.43. The van der Waals surface area contributed by atoms with Gasteiger partial charge in [-0.25, -0.2) is 0 Å². The number of aryl methyl sites for hydroxylation is 1. The largest absolute Gasteiger partial charge is 0.371 e. The second-order valence-electron chi connectivity index (χ2n) is 5.67. The van der Waals surface area contributed by atoms with Gasteiger partial charge < -0.3 is 4.90 Å². The van der Waals surface area contributed by atoms with E-state index >= 15 is 0 Å². The van der Waals surface area contributed by atoms with Gasteiger partial charge in [0.15, 0.2) is 0 Å². The molecule has 1 aromatic carbocycles. The normalized spacial score (nSPS) is 20.5. The zero-order valence-corrected chi connectivity index (χ0v) is 14.6. The van der Waals surface area contributed by atoms with E-state index in [0.717, 1.165) is 23.6 Å². The standard InChI is InChI=1S/C17H20N2OS2/c1-3-19-16(20)15(22-17(19)21)11-13-6-7-14(12(2)10-13)18-8-4-5-9-18/h6-7,10-11H,3-5,8-9H2,1-2H3/b15-11-. The third-order valence-corrected chi connectivity index (χ3v) is 5.53. The highest BCUT2D eigenvalue weighted by atomic mass is 32.2. The molecule has 0 N–H and O–H groups in total. The van der Waals surface area contributed by atoms with E-state index in [-0.39, 0.29) is 5.91 Å². The summed E-state index contributed by atoms with van der Waals surface area (Å²) in [5, 5.41) is 0. The Hall–Kier alpha value is -1.33. The molecule has 1 aromatic rings. The molecule has 0 aromatic heterocycles. The molecule has 0 aliphatic carbocycles. The number of thioether (sulfide) groups is 1. The molecule has 3 nitrogen and oxygen atoms in total. The van der Waals surface area contributed by atoms with Crippen LogP contribution < -0.4 is 4.90 Å². The van der Waals surface area contributed by atoms with Crippen LogP contribution in [0, 0.1) is 6.92 Å². The number of hydrogen-bond acceptors (Lipinski definition) is 4. The predicted octanol–water partition coefficient (Wildman–Crippen LogP) is 3.82. The van der Waals surface area contributed by atoms with Gasteiger partial charge in [0.05, 0.1) is 4.91 Å². The average Bonchev–Trinajstić information content (AvgIpc) is 3.09. The lowest BCUT2D eigenvalue weighted by Gasteiger charge is -2.20. The van der Waals surface area contributed by atoms with Crippen LogP contribution in [0.1, 0.15) is 30.9 Å². The number of carbonyl (C=O) groups is 1. The number of carbonyl (C=O) groups excluding carboxylic acids is 1. The van der Waals surface area contributed by atoms with Crippen LogP contribution in [0.15, 0.2) is 23.1 Å². The van der Waals surface area contributed by atoms with Crippen LogP contribution in [0.5, 0.6) is 0 Å². The van der Waals surface area contributed by atoms with Gasteiger partial charge >= 0.3 is 0 Å². The molecular formula is C17H20N2OS2. The minimum absolute atomic E-state index is 0.0266. The van der Waals surface area contributed by atoms with Crippen molar-refractivity contribution in [3.8, 4) is 0 Å². The molecule has 2 aliphatic heterocycles. The van der Waals surface area contributed by atoms with Gasteiger partial charge in [0.2, 0.25) is 0 Å². The molecule has 22 heavy (non-hydrogen) atoms. The molecule has 116 valence electrons. The van der Waals surface area contributed by atoms with Gasteiger partial charge in [-0.1, -0.05) is 30.0 Å². The number of thiocarbonyl (C=S) groups is 1. The fourth-order valence-corrected chi connectivity index (χ4v) is 4.39. The summed E-state index contributed by atoms with van der Waals surface area (Å²) in [6.45, 7) is 7.02. The Bertz CT molecular complexity index is 648. The van der Waals surface area contributed by atoms with Crippen molar-refractivity contribution in [2.45, 2.75) is 26.7 Å². The smallest absolute Gasteiger partial charge is 0.266 e. The van der Waals surface area contributed by atoms with Gasteiger partial charge in [-0.2, -0.15) is 0 Å². The van der Waals surface area contributed by atoms with E-state index in [2.05, 4.69) is 30.0 Å². The molecule has 2 fully saturated rings. The van der Waals surface area contributed by atoms with Gasteiger partial charge in [-0.15, -0.1) is 0 Å². The van der Waals surface area contributed by atoms with Crippen molar-refractivity contribution < 1.29 is 4.79 Å². The van der Waals surface area contributed by atoms with E-state index in [1.807, 2.05) is 13.0 Å². The maximum Gasteiger partial charge on any atom is 0.266 e. The van der Waals surface area contributed by atoms with Crippen molar-refractivity contribution in [1.29, 1.82) is 0 Å². The van der Waals surface area contributed by atoms with Crippen LogP contribution in [-0.2, 0) is 4.79 Å². The van der Waals surface area contributed by atoms with Gasteiger partial charge in [0, 0.05) is 25.3 Å². The highest BCUT2D eigenvalue weighted by molar-refractivity contribution is 8.26. The molecule has 5 heteroatoms. The Kier molecular flexibility index (Phi) is 4.54. The summed E-state index contributed by atoms with van der Waals surface area (Å²) in [7, 11) is 0. The summed E-state index contributed by atoms with van der Waals surface area (Å²) in [5.74, 6) is 0.0266.